The van der Waals surface area contributed by atoms with Crippen LogP contribution in [0.2, 0.25) is 0 Å². The first-order valence-electron chi connectivity index (χ1n) is 11.7. The Morgan fingerprint density at radius 1 is 1.03 bits per heavy atom. The zero-order chi connectivity index (χ0) is 29.5. The van der Waals surface area contributed by atoms with Crippen LogP contribution in [0.4, 0.5) is 24.5 Å². The van der Waals surface area contributed by atoms with E-state index in [0.717, 1.165) is 30.9 Å². The molecule has 0 saturated carbocycles. The number of aryl methyl sites for hydroxylation is 3. The van der Waals surface area contributed by atoms with Crippen molar-refractivity contribution in [2.75, 3.05) is 42.3 Å². The van der Waals surface area contributed by atoms with Gasteiger partial charge in [-0.2, -0.15) is 18.4 Å². The Balaban J connectivity index is 0.000000673. The highest BCUT2D eigenvalue weighted by Gasteiger charge is 2.38. The first-order chi connectivity index (χ1) is 18.1. The van der Waals surface area contributed by atoms with E-state index in [1.807, 2.05) is 6.92 Å². The van der Waals surface area contributed by atoms with Gasteiger partial charge in [0.25, 0.3) is 10.0 Å². The number of nitriles is 1. The molecule has 0 radical (unpaired) electrons. The summed E-state index contributed by atoms with van der Waals surface area (Å²) in [5, 5.41) is 25.6. The molecule has 1 heterocycles. The highest BCUT2D eigenvalue weighted by molar-refractivity contribution is 7.92. The van der Waals surface area contributed by atoms with Crippen LogP contribution < -0.4 is 9.62 Å². The number of aliphatic carboxylic acids is 1. The molecule has 2 aromatic carbocycles. The maximum Gasteiger partial charge on any atom is 0.490 e. The SMILES string of the molecule is Cc1cc(C)c(S(=O)(=O)Nc2ccc(N3CCN(CCC#N)CC3)cc2C(=O)O)c(C)c1.O=C(O)C(F)(F)F. The van der Waals surface area contributed by atoms with Crippen molar-refractivity contribution in [1.29, 1.82) is 5.26 Å². The van der Waals surface area contributed by atoms with Crippen LogP contribution in [0.5, 0.6) is 0 Å². The van der Waals surface area contributed by atoms with Gasteiger partial charge in [0.15, 0.2) is 0 Å². The number of piperazine rings is 1. The third-order valence-corrected chi connectivity index (χ3v) is 7.54. The van der Waals surface area contributed by atoms with Gasteiger partial charge >= 0.3 is 18.1 Å². The second kappa shape index (κ2) is 12.8. The number of aromatic carboxylic acids is 1. The summed E-state index contributed by atoms with van der Waals surface area (Å²) in [6.45, 7) is 9.05. The van der Waals surface area contributed by atoms with E-state index in [1.54, 1.807) is 32.0 Å². The smallest absolute Gasteiger partial charge is 0.478 e. The number of anilines is 2. The number of carboxylic acid groups (broad SMARTS) is 2. The highest BCUT2D eigenvalue weighted by Crippen LogP contribution is 2.29. The number of nitrogens with one attached hydrogen (secondary N) is 1. The van der Waals surface area contributed by atoms with Crippen LogP contribution >= 0.6 is 0 Å². The second-order valence-electron chi connectivity index (χ2n) is 8.91. The van der Waals surface area contributed by atoms with E-state index in [0.29, 0.717) is 30.6 Å². The van der Waals surface area contributed by atoms with E-state index in [9.17, 15) is 31.5 Å². The van der Waals surface area contributed by atoms with E-state index in [4.69, 9.17) is 15.2 Å². The zero-order valence-electron chi connectivity index (χ0n) is 21.5. The van der Waals surface area contributed by atoms with Gasteiger partial charge in [0.05, 0.1) is 22.2 Å². The van der Waals surface area contributed by atoms with Crippen molar-refractivity contribution in [3.05, 3.63) is 52.6 Å². The molecule has 3 N–H and O–H groups in total. The molecule has 10 nitrogen and oxygen atoms in total. The lowest BCUT2D eigenvalue weighted by molar-refractivity contribution is -0.192. The van der Waals surface area contributed by atoms with Crippen molar-refractivity contribution in [2.24, 2.45) is 0 Å². The molecule has 14 heteroatoms. The minimum atomic E-state index is -5.08. The van der Waals surface area contributed by atoms with Crippen LogP contribution in [-0.2, 0) is 14.8 Å². The van der Waals surface area contributed by atoms with Crippen molar-refractivity contribution in [2.45, 2.75) is 38.3 Å². The van der Waals surface area contributed by atoms with Gasteiger partial charge in [-0.3, -0.25) is 9.62 Å². The molecule has 0 unspecified atom stereocenters. The molecule has 0 spiro atoms. The molecular formula is C25H29F3N4O6S. The van der Waals surface area contributed by atoms with Gasteiger partial charge in [-0.1, -0.05) is 17.7 Å². The first-order valence-corrected chi connectivity index (χ1v) is 13.2. The molecule has 0 amide bonds. The number of benzene rings is 2. The number of hydrogen-bond acceptors (Lipinski definition) is 7. The number of alkyl halides is 3. The summed E-state index contributed by atoms with van der Waals surface area (Å²) >= 11 is 0. The minimum absolute atomic E-state index is 0.0354. The molecule has 1 aliphatic heterocycles. The number of nitrogens with zero attached hydrogens (tertiary/aromatic N) is 3. The molecule has 39 heavy (non-hydrogen) atoms. The van der Waals surface area contributed by atoms with Crippen LogP contribution in [-0.4, -0.2) is 74.4 Å². The Labute approximate surface area is 224 Å². The largest absolute Gasteiger partial charge is 0.490 e. The third kappa shape index (κ3) is 8.59. The van der Waals surface area contributed by atoms with Crippen LogP contribution in [0, 0.1) is 32.1 Å². The average molecular weight is 571 g/mol. The van der Waals surface area contributed by atoms with Crippen molar-refractivity contribution in [3.63, 3.8) is 0 Å². The van der Waals surface area contributed by atoms with Gasteiger partial charge < -0.3 is 15.1 Å². The Morgan fingerprint density at radius 3 is 2.03 bits per heavy atom. The lowest BCUT2D eigenvalue weighted by Crippen LogP contribution is -2.46. The number of halogens is 3. The van der Waals surface area contributed by atoms with Crippen LogP contribution in [0.3, 0.4) is 0 Å². The average Bonchev–Trinajstić information content (AvgIpc) is 2.82. The summed E-state index contributed by atoms with van der Waals surface area (Å²) in [6.07, 6.45) is -4.60. The summed E-state index contributed by atoms with van der Waals surface area (Å²) in [4.78, 5) is 25.3. The van der Waals surface area contributed by atoms with Crippen molar-refractivity contribution in [3.8, 4) is 6.07 Å². The van der Waals surface area contributed by atoms with Gasteiger partial charge in [-0.15, -0.1) is 0 Å². The van der Waals surface area contributed by atoms with Crippen LogP contribution in [0.1, 0.15) is 33.5 Å². The fourth-order valence-electron chi connectivity index (χ4n) is 4.22. The molecule has 1 saturated heterocycles. The van der Waals surface area contributed by atoms with Crippen LogP contribution in [0.15, 0.2) is 35.2 Å². The van der Waals surface area contributed by atoms with Crippen molar-refractivity contribution >= 4 is 33.3 Å². The molecule has 2 aromatic rings. The molecule has 0 bridgehead atoms. The molecule has 3 rings (SSSR count). The van der Waals surface area contributed by atoms with E-state index < -0.39 is 28.1 Å². The van der Waals surface area contributed by atoms with Gasteiger partial charge in [-0.05, 0) is 50.1 Å². The van der Waals surface area contributed by atoms with Gasteiger partial charge in [0.2, 0.25) is 0 Å². The standard InChI is InChI=1S/C23H28N4O4S.C2HF3O2/c1-16-13-17(2)22(18(3)14-16)32(30,31)25-21-6-5-19(15-20(21)23(28)29)27-11-9-26(10-12-27)8-4-7-24;3-2(4,5)1(6)7/h5-6,13-15,25H,4,8-12H2,1-3H3,(H,28,29);(H,6,7). The number of carboxylic acids is 2. The number of carbonyl (C=O) groups is 2. The topological polar surface area (TPSA) is 151 Å². The first kappa shape index (κ1) is 31.4. The molecule has 0 aromatic heterocycles. The zero-order valence-corrected chi connectivity index (χ0v) is 22.4. The second-order valence-corrected chi connectivity index (χ2v) is 10.5. The third-order valence-electron chi connectivity index (χ3n) is 5.87. The van der Waals surface area contributed by atoms with E-state index >= 15 is 0 Å². The summed E-state index contributed by atoms with van der Waals surface area (Å²) in [5.41, 5.74) is 2.85. The maximum absolute atomic E-state index is 13.1. The number of sulfonamides is 1. The summed E-state index contributed by atoms with van der Waals surface area (Å²) < 4.78 is 60.4. The predicted molar refractivity (Wildman–Crippen MR) is 137 cm³/mol. The Kier molecular flexibility index (Phi) is 10.3. The van der Waals surface area contributed by atoms with Crippen molar-refractivity contribution in [1.82, 2.24) is 4.90 Å². The van der Waals surface area contributed by atoms with Gasteiger partial charge in [0, 0.05) is 44.8 Å². The summed E-state index contributed by atoms with van der Waals surface area (Å²) in [5.74, 6) is -3.96. The quantitative estimate of drug-likeness (QED) is 0.452. The van der Waals surface area contributed by atoms with Crippen molar-refractivity contribution < 1.29 is 41.4 Å². The molecular weight excluding hydrogens is 541 g/mol. The number of hydrogen-bond donors (Lipinski definition) is 3. The fraction of sp³-hybridized carbons (Fsp3) is 0.400. The van der Waals surface area contributed by atoms with Crippen LogP contribution in [0.25, 0.3) is 0 Å². The predicted octanol–water partition coefficient (Wildman–Crippen LogP) is 3.78. The highest BCUT2D eigenvalue weighted by atomic mass is 32.2. The maximum atomic E-state index is 13.1. The molecule has 1 aliphatic rings. The van der Waals surface area contributed by atoms with E-state index in [2.05, 4.69) is 20.6 Å². The van der Waals surface area contributed by atoms with Gasteiger partial charge in [0.1, 0.15) is 0 Å². The Bertz CT molecular complexity index is 1340. The lowest BCUT2D eigenvalue weighted by Gasteiger charge is -2.36. The molecule has 0 aliphatic carbocycles. The van der Waals surface area contributed by atoms with Gasteiger partial charge in [-0.25, -0.2) is 18.0 Å². The Morgan fingerprint density at radius 2 is 1.56 bits per heavy atom. The minimum Gasteiger partial charge on any atom is -0.478 e. The van der Waals surface area contributed by atoms with E-state index in [1.165, 1.54) is 12.1 Å². The monoisotopic (exact) mass is 570 g/mol. The molecule has 0 atom stereocenters. The van der Waals surface area contributed by atoms with E-state index in [-0.39, 0.29) is 16.1 Å². The lowest BCUT2D eigenvalue weighted by atomic mass is 10.1. The number of rotatable bonds is 7. The summed E-state index contributed by atoms with van der Waals surface area (Å²) in [6, 6.07) is 10.5. The summed E-state index contributed by atoms with van der Waals surface area (Å²) in [7, 11) is -3.96. The molecule has 1 fully saturated rings. The normalized spacial score (nSPS) is 14.1. The Hall–Kier alpha value is -3.83. The fourth-order valence-corrected chi connectivity index (χ4v) is 5.75. The molecule has 212 valence electrons.